The van der Waals surface area contributed by atoms with Gasteiger partial charge in [-0.05, 0) is 13.0 Å². The molecule has 8 heteroatoms. The summed E-state index contributed by atoms with van der Waals surface area (Å²) in [7, 11) is 0. The van der Waals surface area contributed by atoms with E-state index in [1.807, 2.05) is 0 Å². The Morgan fingerprint density at radius 1 is 1.33 bits per heavy atom. The third-order valence-corrected chi connectivity index (χ3v) is 3.78. The Morgan fingerprint density at radius 3 is 2.88 bits per heavy atom. The molecule has 126 valence electrons. The second-order valence-electron chi connectivity index (χ2n) is 5.59. The third-order valence-electron chi connectivity index (χ3n) is 3.78. The lowest BCUT2D eigenvalue weighted by Gasteiger charge is -2.34. The van der Waals surface area contributed by atoms with Crippen LogP contribution in [0.15, 0.2) is 34.9 Å². The molecular weight excluding hydrogens is 314 g/mol. The molecule has 0 saturated heterocycles. The molecule has 2 heterocycles. The molecule has 8 nitrogen and oxygen atoms in total. The molecular formula is C16H17N3O5. The van der Waals surface area contributed by atoms with E-state index in [0.717, 1.165) is 0 Å². The average Bonchev–Trinajstić information content (AvgIpc) is 2.98. The Kier molecular flexibility index (Phi) is 4.22. The largest absolute Gasteiger partial charge is 0.493 e. The van der Waals surface area contributed by atoms with Crippen molar-refractivity contribution in [1.82, 2.24) is 10.5 Å². The molecule has 2 amide bonds. The summed E-state index contributed by atoms with van der Waals surface area (Å²) < 4.78 is 10.3. The fourth-order valence-corrected chi connectivity index (χ4v) is 2.53. The molecule has 3 N–H and O–H groups in total. The molecule has 3 rings (SSSR count). The van der Waals surface area contributed by atoms with Gasteiger partial charge in [0, 0.05) is 18.1 Å². The van der Waals surface area contributed by atoms with Gasteiger partial charge in [0.1, 0.15) is 17.1 Å². The highest BCUT2D eigenvalue weighted by Gasteiger charge is 2.36. The van der Waals surface area contributed by atoms with E-state index < -0.39 is 17.4 Å². The molecule has 0 aliphatic carbocycles. The molecule has 1 aromatic carbocycles. The summed E-state index contributed by atoms with van der Waals surface area (Å²) in [6.45, 7) is 1.89. The van der Waals surface area contributed by atoms with Crippen LogP contribution in [0.2, 0.25) is 0 Å². The van der Waals surface area contributed by atoms with E-state index in [1.165, 1.54) is 6.07 Å². The normalized spacial score (nSPS) is 19.1. The van der Waals surface area contributed by atoms with Crippen molar-refractivity contribution in [1.29, 1.82) is 0 Å². The summed E-state index contributed by atoms with van der Waals surface area (Å²) in [5.41, 5.74) is -0.695. The maximum absolute atomic E-state index is 11.9. The fourth-order valence-electron chi connectivity index (χ4n) is 2.53. The molecule has 1 aromatic heterocycles. The standard InChI is InChI=1S/C16H17N3O5/c1-10-8-13(19-24-10)18-15(21)14(20)17-9-16(22)6-7-23-12-5-3-2-4-11(12)16/h2-5,8,22H,6-7,9H2,1H3,(H,17,20)(H,18,19,21). The van der Waals surface area contributed by atoms with Crippen molar-refractivity contribution in [3.05, 3.63) is 41.7 Å². The predicted octanol–water partition coefficient (Wildman–Crippen LogP) is 0.708. The Bertz CT molecular complexity index is 773. The van der Waals surface area contributed by atoms with Crippen molar-refractivity contribution in [2.75, 3.05) is 18.5 Å². The number of fused-ring (bicyclic) bond motifs is 1. The first-order chi connectivity index (χ1) is 11.5. The highest BCUT2D eigenvalue weighted by Crippen LogP contribution is 2.36. The SMILES string of the molecule is Cc1cc(NC(=O)C(=O)NCC2(O)CCOc3ccccc32)no1. The van der Waals surface area contributed by atoms with Crippen LogP contribution < -0.4 is 15.4 Å². The summed E-state index contributed by atoms with van der Waals surface area (Å²) in [5.74, 6) is -0.509. The molecule has 1 aliphatic rings. The van der Waals surface area contributed by atoms with Crippen LogP contribution in [0, 0.1) is 6.92 Å². The molecule has 24 heavy (non-hydrogen) atoms. The molecule has 1 atom stereocenters. The number of hydrogen-bond acceptors (Lipinski definition) is 6. The molecule has 0 saturated carbocycles. The van der Waals surface area contributed by atoms with Gasteiger partial charge in [-0.15, -0.1) is 0 Å². The number of nitrogens with one attached hydrogen (secondary N) is 2. The van der Waals surface area contributed by atoms with E-state index in [4.69, 9.17) is 9.26 Å². The van der Waals surface area contributed by atoms with Crippen molar-refractivity contribution in [3.63, 3.8) is 0 Å². The van der Waals surface area contributed by atoms with Crippen LogP contribution in [0.4, 0.5) is 5.82 Å². The van der Waals surface area contributed by atoms with E-state index in [-0.39, 0.29) is 12.4 Å². The van der Waals surface area contributed by atoms with Gasteiger partial charge >= 0.3 is 11.8 Å². The summed E-state index contributed by atoms with van der Waals surface area (Å²) in [4.78, 5) is 23.8. The zero-order valence-electron chi connectivity index (χ0n) is 13.0. The highest BCUT2D eigenvalue weighted by molar-refractivity contribution is 6.39. The molecule has 0 fully saturated rings. The minimum Gasteiger partial charge on any atom is -0.493 e. The lowest BCUT2D eigenvalue weighted by atomic mass is 9.88. The molecule has 2 aromatic rings. The van der Waals surface area contributed by atoms with Gasteiger partial charge in [0.2, 0.25) is 0 Å². The minimum atomic E-state index is -1.28. The number of anilines is 1. The number of ether oxygens (including phenoxy) is 1. The Hall–Kier alpha value is -2.87. The first-order valence-electron chi connectivity index (χ1n) is 7.45. The van der Waals surface area contributed by atoms with Crippen LogP contribution in [0.25, 0.3) is 0 Å². The Morgan fingerprint density at radius 2 is 2.12 bits per heavy atom. The highest BCUT2D eigenvalue weighted by atomic mass is 16.5. The first-order valence-corrected chi connectivity index (χ1v) is 7.45. The number of aliphatic hydroxyl groups is 1. The van der Waals surface area contributed by atoms with Crippen LogP contribution in [-0.4, -0.2) is 35.2 Å². The predicted molar refractivity (Wildman–Crippen MR) is 83.3 cm³/mol. The van der Waals surface area contributed by atoms with Crippen molar-refractivity contribution in [2.24, 2.45) is 0 Å². The zero-order chi connectivity index (χ0) is 17.2. The maximum Gasteiger partial charge on any atom is 0.314 e. The van der Waals surface area contributed by atoms with Crippen LogP contribution in [0.3, 0.4) is 0 Å². The van der Waals surface area contributed by atoms with Crippen LogP contribution >= 0.6 is 0 Å². The molecule has 0 spiro atoms. The second-order valence-corrected chi connectivity index (χ2v) is 5.59. The molecule has 0 radical (unpaired) electrons. The van der Waals surface area contributed by atoms with Crippen LogP contribution in [0.5, 0.6) is 5.75 Å². The topological polar surface area (TPSA) is 114 Å². The van der Waals surface area contributed by atoms with Crippen molar-refractivity contribution in [3.8, 4) is 5.75 Å². The number of carbonyl (C=O) groups excluding carboxylic acids is 2. The van der Waals surface area contributed by atoms with Gasteiger partial charge in [-0.25, -0.2) is 0 Å². The summed E-state index contributed by atoms with van der Waals surface area (Å²) in [6, 6.07) is 8.56. The van der Waals surface area contributed by atoms with Gasteiger partial charge < -0.3 is 19.7 Å². The maximum atomic E-state index is 11.9. The summed E-state index contributed by atoms with van der Waals surface area (Å²) in [5, 5.41) is 19.1. The van der Waals surface area contributed by atoms with Gasteiger partial charge in [0.25, 0.3) is 0 Å². The number of benzene rings is 1. The van der Waals surface area contributed by atoms with Crippen LogP contribution in [-0.2, 0) is 15.2 Å². The number of aromatic nitrogens is 1. The average molecular weight is 331 g/mol. The van der Waals surface area contributed by atoms with E-state index in [0.29, 0.717) is 30.1 Å². The first kappa shape index (κ1) is 16.0. The molecule has 1 aliphatic heterocycles. The van der Waals surface area contributed by atoms with Crippen molar-refractivity contribution >= 4 is 17.6 Å². The smallest absolute Gasteiger partial charge is 0.314 e. The molecule has 0 bridgehead atoms. The summed E-state index contributed by atoms with van der Waals surface area (Å²) in [6.07, 6.45) is 0.314. The zero-order valence-corrected chi connectivity index (χ0v) is 13.0. The Balaban J connectivity index is 1.63. The second kappa shape index (κ2) is 6.32. The number of rotatable bonds is 3. The minimum absolute atomic E-state index is 0.0997. The van der Waals surface area contributed by atoms with Crippen LogP contribution in [0.1, 0.15) is 17.7 Å². The van der Waals surface area contributed by atoms with Gasteiger partial charge in [0.05, 0.1) is 13.2 Å². The number of hydrogen-bond donors (Lipinski definition) is 3. The third kappa shape index (κ3) is 3.23. The lowest BCUT2D eigenvalue weighted by molar-refractivity contribution is -0.137. The number of aryl methyl sites for hydroxylation is 1. The van der Waals surface area contributed by atoms with Gasteiger partial charge in [-0.1, -0.05) is 23.4 Å². The molecule has 1 unspecified atom stereocenters. The van der Waals surface area contributed by atoms with Gasteiger partial charge in [0.15, 0.2) is 5.82 Å². The quantitative estimate of drug-likeness (QED) is 0.714. The number of amides is 2. The fraction of sp³-hybridized carbons (Fsp3) is 0.312. The van der Waals surface area contributed by atoms with E-state index in [1.54, 1.807) is 31.2 Å². The number of nitrogens with zero attached hydrogens (tertiary/aromatic N) is 1. The Labute approximate surface area is 137 Å². The number of carbonyl (C=O) groups is 2. The van der Waals surface area contributed by atoms with E-state index in [9.17, 15) is 14.7 Å². The van der Waals surface area contributed by atoms with E-state index in [2.05, 4.69) is 15.8 Å². The number of para-hydroxylation sites is 1. The monoisotopic (exact) mass is 331 g/mol. The van der Waals surface area contributed by atoms with Gasteiger partial charge in [-0.2, -0.15) is 0 Å². The van der Waals surface area contributed by atoms with Crippen molar-refractivity contribution in [2.45, 2.75) is 18.9 Å². The van der Waals surface area contributed by atoms with Crippen molar-refractivity contribution < 1.29 is 24.0 Å². The van der Waals surface area contributed by atoms with Gasteiger partial charge in [-0.3, -0.25) is 14.9 Å². The van der Waals surface area contributed by atoms with E-state index >= 15 is 0 Å². The summed E-state index contributed by atoms with van der Waals surface area (Å²) >= 11 is 0. The lowest BCUT2D eigenvalue weighted by Crippen LogP contribution is -2.46.